The van der Waals surface area contributed by atoms with Crippen LogP contribution >= 0.6 is 24.0 Å². The number of hydrogen-bond acceptors (Lipinski definition) is 4. The molecule has 1 aromatic rings. The summed E-state index contributed by atoms with van der Waals surface area (Å²) in [6, 6.07) is 10.7. The summed E-state index contributed by atoms with van der Waals surface area (Å²) in [6.45, 7) is 9.60. The summed E-state index contributed by atoms with van der Waals surface area (Å²) in [5.41, 5.74) is 1.18. The molecule has 1 amide bonds. The summed E-state index contributed by atoms with van der Waals surface area (Å²) in [4.78, 5) is 20.5. The lowest BCUT2D eigenvalue weighted by Gasteiger charge is -2.24. The van der Waals surface area contributed by atoms with E-state index in [1.54, 1.807) is 19.0 Å². The third kappa shape index (κ3) is 10.7. The zero-order valence-electron chi connectivity index (χ0n) is 19.5. The molecule has 176 valence electrons. The summed E-state index contributed by atoms with van der Waals surface area (Å²) in [5.74, 6) is 1.01. The van der Waals surface area contributed by atoms with E-state index in [0.717, 1.165) is 26.2 Å². The van der Waals surface area contributed by atoms with Crippen molar-refractivity contribution >= 4 is 35.8 Å². The molecular formula is C23H40IN5O2. The molecule has 1 heterocycles. The third-order valence-electron chi connectivity index (χ3n) is 5.41. The molecule has 31 heavy (non-hydrogen) atoms. The van der Waals surface area contributed by atoms with Gasteiger partial charge in [0.15, 0.2) is 5.96 Å². The molecule has 8 heteroatoms. The lowest BCUT2D eigenvalue weighted by Crippen LogP contribution is -2.46. The van der Waals surface area contributed by atoms with Crippen LogP contribution in [0.2, 0.25) is 0 Å². The van der Waals surface area contributed by atoms with Crippen molar-refractivity contribution < 1.29 is 9.53 Å². The van der Waals surface area contributed by atoms with Gasteiger partial charge in [-0.15, -0.1) is 24.0 Å². The fourth-order valence-electron chi connectivity index (χ4n) is 3.50. The standard InChI is InChI=1S/C23H39N5O2.HI/c1-5-28-13-9-12-21(28)15-25-23(26-16-22(29)27(3)4)24-14-19(2)17-30-18-20-10-7-6-8-11-20;/h6-8,10-11,19,21H,5,9,12-18H2,1-4H3,(H2,24,25,26);1H. The Balaban J connectivity index is 0.00000480. The molecule has 0 aromatic heterocycles. The summed E-state index contributed by atoms with van der Waals surface area (Å²) in [7, 11) is 3.50. The summed E-state index contributed by atoms with van der Waals surface area (Å²) in [5, 5.41) is 6.83. The molecule has 0 saturated carbocycles. The first kappa shape index (κ1) is 27.6. The van der Waals surface area contributed by atoms with Crippen LogP contribution in [0.1, 0.15) is 32.3 Å². The maximum absolute atomic E-state index is 12.0. The Kier molecular flexibility index (Phi) is 13.7. The first-order valence-electron chi connectivity index (χ1n) is 11.1. The molecule has 0 bridgehead atoms. The molecule has 1 aliphatic rings. The fourth-order valence-corrected chi connectivity index (χ4v) is 3.50. The fraction of sp³-hybridized carbons (Fsp3) is 0.652. The van der Waals surface area contributed by atoms with Gasteiger partial charge in [0.05, 0.1) is 13.2 Å². The third-order valence-corrected chi connectivity index (χ3v) is 5.41. The number of carbonyl (C=O) groups is 1. The van der Waals surface area contributed by atoms with Gasteiger partial charge >= 0.3 is 0 Å². The van der Waals surface area contributed by atoms with Gasteiger partial charge in [0.1, 0.15) is 6.54 Å². The maximum atomic E-state index is 12.0. The molecular weight excluding hydrogens is 505 g/mol. The Labute approximate surface area is 205 Å². The van der Waals surface area contributed by atoms with Gasteiger partial charge in [0.25, 0.3) is 0 Å². The molecule has 2 atom stereocenters. The zero-order valence-corrected chi connectivity index (χ0v) is 21.8. The lowest BCUT2D eigenvalue weighted by molar-refractivity contribution is -0.127. The summed E-state index contributed by atoms with van der Waals surface area (Å²) >= 11 is 0. The van der Waals surface area contributed by atoms with Gasteiger partial charge in [-0.1, -0.05) is 44.2 Å². The van der Waals surface area contributed by atoms with Crippen LogP contribution in [0, 0.1) is 5.92 Å². The van der Waals surface area contributed by atoms with Crippen molar-refractivity contribution in [3.8, 4) is 0 Å². The number of likely N-dealkylation sites (N-methyl/N-ethyl adjacent to an activating group) is 2. The van der Waals surface area contributed by atoms with E-state index in [-0.39, 0.29) is 36.4 Å². The average Bonchev–Trinajstić information content (AvgIpc) is 3.21. The van der Waals surface area contributed by atoms with E-state index in [9.17, 15) is 4.79 Å². The van der Waals surface area contributed by atoms with E-state index in [1.807, 2.05) is 18.2 Å². The van der Waals surface area contributed by atoms with Crippen molar-refractivity contribution in [3.05, 3.63) is 35.9 Å². The number of nitrogens with zero attached hydrogens (tertiary/aromatic N) is 3. The Morgan fingerprint density at radius 3 is 2.71 bits per heavy atom. The SMILES string of the molecule is CCN1CCCC1CNC(=NCC(=O)N(C)C)NCC(C)COCc1ccccc1.I. The van der Waals surface area contributed by atoms with E-state index in [2.05, 4.69) is 46.5 Å². The molecule has 2 N–H and O–H groups in total. The van der Waals surface area contributed by atoms with Crippen molar-refractivity contribution in [3.63, 3.8) is 0 Å². The van der Waals surface area contributed by atoms with E-state index in [4.69, 9.17) is 4.74 Å². The van der Waals surface area contributed by atoms with Crippen LogP contribution in [0.15, 0.2) is 35.3 Å². The van der Waals surface area contributed by atoms with Crippen LogP contribution in [-0.4, -0.2) is 81.1 Å². The Morgan fingerprint density at radius 2 is 2.03 bits per heavy atom. The Hall–Kier alpha value is -1.39. The lowest BCUT2D eigenvalue weighted by atomic mass is 10.2. The number of nitrogens with one attached hydrogen (secondary N) is 2. The molecule has 0 aliphatic carbocycles. The number of amides is 1. The van der Waals surface area contributed by atoms with Crippen LogP contribution in [0.4, 0.5) is 0 Å². The van der Waals surface area contributed by atoms with Crippen LogP contribution in [0.5, 0.6) is 0 Å². The number of carbonyl (C=O) groups excluding carboxylic acids is 1. The van der Waals surface area contributed by atoms with Crippen molar-refractivity contribution in [1.82, 2.24) is 20.4 Å². The molecule has 1 saturated heterocycles. The predicted octanol–water partition coefficient (Wildman–Crippen LogP) is 2.57. The van der Waals surface area contributed by atoms with E-state index in [0.29, 0.717) is 31.1 Å². The van der Waals surface area contributed by atoms with Gasteiger partial charge in [-0.05, 0) is 37.4 Å². The Bertz CT molecular complexity index is 657. The highest BCUT2D eigenvalue weighted by molar-refractivity contribution is 14.0. The van der Waals surface area contributed by atoms with Gasteiger partial charge < -0.3 is 20.3 Å². The molecule has 1 aliphatic heterocycles. The number of guanidine groups is 1. The first-order chi connectivity index (χ1) is 14.5. The van der Waals surface area contributed by atoms with Gasteiger partial charge in [0, 0.05) is 33.2 Å². The summed E-state index contributed by atoms with van der Waals surface area (Å²) < 4.78 is 5.85. The molecule has 0 spiro atoms. The number of likely N-dealkylation sites (tertiary alicyclic amines) is 1. The normalized spacial score (nSPS) is 17.7. The number of ether oxygens (including phenoxy) is 1. The number of rotatable bonds is 11. The van der Waals surface area contributed by atoms with Crippen molar-refractivity contribution in [1.29, 1.82) is 0 Å². The molecule has 7 nitrogen and oxygen atoms in total. The highest BCUT2D eigenvalue weighted by Gasteiger charge is 2.23. The van der Waals surface area contributed by atoms with E-state index >= 15 is 0 Å². The van der Waals surface area contributed by atoms with E-state index in [1.165, 1.54) is 18.4 Å². The number of halogens is 1. The van der Waals surface area contributed by atoms with Crippen molar-refractivity contribution in [2.75, 3.05) is 53.4 Å². The molecule has 0 radical (unpaired) electrons. The minimum atomic E-state index is -0.00797. The molecule has 1 aromatic carbocycles. The second kappa shape index (κ2) is 15.4. The monoisotopic (exact) mass is 545 g/mol. The molecule has 1 fully saturated rings. The van der Waals surface area contributed by atoms with E-state index < -0.39 is 0 Å². The second-order valence-electron chi connectivity index (χ2n) is 8.25. The van der Waals surface area contributed by atoms with Crippen LogP contribution in [0.25, 0.3) is 0 Å². The summed E-state index contributed by atoms with van der Waals surface area (Å²) in [6.07, 6.45) is 2.45. The predicted molar refractivity (Wildman–Crippen MR) is 138 cm³/mol. The van der Waals surface area contributed by atoms with Gasteiger partial charge in [-0.25, -0.2) is 4.99 Å². The van der Waals surface area contributed by atoms with Crippen LogP contribution < -0.4 is 10.6 Å². The van der Waals surface area contributed by atoms with Crippen LogP contribution in [0.3, 0.4) is 0 Å². The largest absolute Gasteiger partial charge is 0.376 e. The highest BCUT2D eigenvalue weighted by Crippen LogP contribution is 2.15. The topological polar surface area (TPSA) is 69.2 Å². The van der Waals surface area contributed by atoms with Crippen molar-refractivity contribution in [2.24, 2.45) is 10.9 Å². The minimum absolute atomic E-state index is 0. The van der Waals surface area contributed by atoms with Crippen LogP contribution in [-0.2, 0) is 16.1 Å². The Morgan fingerprint density at radius 1 is 1.29 bits per heavy atom. The first-order valence-corrected chi connectivity index (χ1v) is 11.1. The highest BCUT2D eigenvalue weighted by atomic mass is 127. The molecule has 2 unspecified atom stereocenters. The van der Waals surface area contributed by atoms with Gasteiger partial charge in [-0.3, -0.25) is 9.69 Å². The quantitative estimate of drug-likeness (QED) is 0.254. The second-order valence-corrected chi connectivity index (χ2v) is 8.25. The number of benzene rings is 1. The molecule has 2 rings (SSSR count). The van der Waals surface area contributed by atoms with Gasteiger partial charge in [-0.2, -0.15) is 0 Å². The van der Waals surface area contributed by atoms with Gasteiger partial charge in [0.2, 0.25) is 5.91 Å². The number of aliphatic imine (C=N–C) groups is 1. The number of hydrogen-bond donors (Lipinski definition) is 2. The smallest absolute Gasteiger partial charge is 0.243 e. The maximum Gasteiger partial charge on any atom is 0.243 e. The zero-order chi connectivity index (χ0) is 21.8. The average molecular weight is 546 g/mol. The minimum Gasteiger partial charge on any atom is -0.376 e. The van der Waals surface area contributed by atoms with Crippen molar-refractivity contribution in [2.45, 2.75) is 39.3 Å².